The van der Waals surface area contributed by atoms with Gasteiger partial charge in [-0.1, -0.05) is 0 Å². The van der Waals surface area contributed by atoms with Gasteiger partial charge in [0.15, 0.2) is 29.6 Å². The molecular weight excluding hydrogens is 340 g/mol. The summed E-state index contributed by atoms with van der Waals surface area (Å²) in [5.41, 5.74) is 6.88. The number of hydrogen-bond donors (Lipinski definition) is 2. The van der Waals surface area contributed by atoms with Crippen molar-refractivity contribution in [1.82, 2.24) is 24.8 Å². The molecule has 4 atom stereocenters. The van der Waals surface area contributed by atoms with E-state index in [1.165, 1.54) is 6.33 Å². The second kappa shape index (κ2) is 5.35. The highest BCUT2D eigenvalue weighted by molar-refractivity contribution is 5.83. The minimum Gasteiger partial charge on any atom is -0.382 e. The van der Waals surface area contributed by atoms with Crippen LogP contribution in [0.15, 0.2) is 12.7 Å². The van der Waals surface area contributed by atoms with E-state index in [0.717, 1.165) is 12.8 Å². The molecule has 2 aliphatic heterocycles. The second-order valence-electron chi connectivity index (χ2n) is 7.38. The molecule has 2 aromatic rings. The van der Waals surface area contributed by atoms with Crippen LogP contribution >= 0.6 is 0 Å². The Morgan fingerprint density at radius 3 is 2.81 bits per heavy atom. The Bertz CT molecular complexity index is 879. The van der Waals surface area contributed by atoms with E-state index in [0.29, 0.717) is 11.2 Å². The van der Waals surface area contributed by atoms with Gasteiger partial charge in [-0.2, -0.15) is 0 Å². The molecule has 0 unspecified atom stereocenters. The lowest BCUT2D eigenvalue weighted by atomic mass is 10.1. The monoisotopic (exact) mass is 360 g/mol. The number of carbonyl (C=O) groups is 1. The number of imidazole rings is 1. The number of aromatic nitrogens is 4. The number of nitrogens with two attached hydrogens (primary N) is 1. The fourth-order valence-corrected chi connectivity index (χ4v) is 3.58. The third kappa shape index (κ3) is 2.44. The summed E-state index contributed by atoms with van der Waals surface area (Å²) in [4.78, 5) is 25.1. The van der Waals surface area contributed by atoms with E-state index in [2.05, 4.69) is 20.3 Å². The summed E-state index contributed by atoms with van der Waals surface area (Å²) in [6.07, 6.45) is 2.62. The fourth-order valence-electron chi connectivity index (χ4n) is 3.58. The lowest BCUT2D eigenvalue weighted by Crippen LogP contribution is -2.43. The van der Waals surface area contributed by atoms with Crippen LogP contribution in [0.5, 0.6) is 0 Å². The van der Waals surface area contributed by atoms with Crippen molar-refractivity contribution in [2.45, 2.75) is 63.1 Å². The maximum absolute atomic E-state index is 12.6. The normalized spacial score (nSPS) is 32.7. The molecule has 1 amide bonds. The smallest absolute Gasteiger partial charge is 0.252 e. The molecule has 0 aromatic carbocycles. The van der Waals surface area contributed by atoms with Gasteiger partial charge < -0.3 is 25.3 Å². The molecule has 26 heavy (non-hydrogen) atoms. The molecule has 3 N–H and O–H groups in total. The molecule has 2 saturated heterocycles. The molecule has 138 valence electrons. The number of carbonyl (C=O) groups excluding carboxylic acids is 1. The zero-order chi connectivity index (χ0) is 18.1. The van der Waals surface area contributed by atoms with Crippen LogP contribution in [0.2, 0.25) is 0 Å². The highest BCUT2D eigenvalue weighted by atomic mass is 16.8. The molecule has 2 aromatic heterocycles. The Morgan fingerprint density at radius 1 is 1.27 bits per heavy atom. The quantitative estimate of drug-likeness (QED) is 0.789. The van der Waals surface area contributed by atoms with Crippen molar-refractivity contribution in [3.63, 3.8) is 0 Å². The van der Waals surface area contributed by atoms with Crippen LogP contribution in [-0.2, 0) is 19.0 Å². The van der Waals surface area contributed by atoms with Crippen LogP contribution in [-0.4, -0.2) is 55.6 Å². The van der Waals surface area contributed by atoms with Crippen molar-refractivity contribution in [2.75, 3.05) is 5.73 Å². The first kappa shape index (κ1) is 15.9. The maximum atomic E-state index is 12.6. The second-order valence-corrected chi connectivity index (χ2v) is 7.38. The number of rotatable bonds is 3. The number of nitrogens with one attached hydrogen (secondary N) is 1. The first-order valence-electron chi connectivity index (χ1n) is 8.67. The van der Waals surface area contributed by atoms with E-state index in [1.807, 2.05) is 13.8 Å². The summed E-state index contributed by atoms with van der Waals surface area (Å²) in [6, 6.07) is 0.237. The summed E-state index contributed by atoms with van der Waals surface area (Å²) in [6.45, 7) is 3.65. The number of nitrogens with zero attached hydrogens (tertiary/aromatic N) is 4. The van der Waals surface area contributed by atoms with Crippen molar-refractivity contribution in [1.29, 1.82) is 0 Å². The Balaban J connectivity index is 1.51. The molecule has 5 rings (SSSR count). The van der Waals surface area contributed by atoms with Crippen LogP contribution in [0.1, 0.15) is 32.9 Å². The average Bonchev–Trinajstić information content (AvgIpc) is 3.04. The lowest BCUT2D eigenvalue weighted by Gasteiger charge is -2.24. The number of amides is 1. The van der Waals surface area contributed by atoms with Gasteiger partial charge in [0.05, 0.1) is 6.33 Å². The van der Waals surface area contributed by atoms with E-state index in [1.54, 1.807) is 10.9 Å². The van der Waals surface area contributed by atoms with Crippen molar-refractivity contribution >= 4 is 22.9 Å². The first-order valence-corrected chi connectivity index (χ1v) is 8.67. The average molecular weight is 360 g/mol. The van der Waals surface area contributed by atoms with Gasteiger partial charge in [0.25, 0.3) is 5.91 Å². The lowest BCUT2D eigenvalue weighted by molar-refractivity contribution is -0.197. The molecule has 10 nitrogen and oxygen atoms in total. The minimum atomic E-state index is -0.806. The van der Waals surface area contributed by atoms with Crippen LogP contribution < -0.4 is 11.1 Å². The maximum Gasteiger partial charge on any atom is 0.252 e. The largest absolute Gasteiger partial charge is 0.382 e. The number of fused-ring (bicyclic) bond motifs is 2. The fraction of sp³-hybridized carbons (Fsp3) is 0.625. The standard InChI is InChI=1S/C16H20N6O4/c1-16(2)25-9-10(14(23)21-7-3-4-7)24-15(11(9)26-16)22-6-20-8-12(17)18-5-19-13(8)22/h5-7,9-11,15H,3-4H2,1-2H3,(H,21,23)(H2,17,18,19)/t9-,10+,11-,15-/m1/s1. The summed E-state index contributed by atoms with van der Waals surface area (Å²) < 4.78 is 19.8. The first-order chi connectivity index (χ1) is 12.4. The molecule has 1 saturated carbocycles. The van der Waals surface area contributed by atoms with Crippen LogP contribution in [0.25, 0.3) is 11.2 Å². The number of ether oxygens (including phenoxy) is 3. The summed E-state index contributed by atoms with van der Waals surface area (Å²) >= 11 is 0. The predicted octanol–water partition coefficient (Wildman–Crippen LogP) is 0.105. The van der Waals surface area contributed by atoms with Crippen LogP contribution in [0, 0.1) is 0 Å². The number of nitrogen functional groups attached to an aromatic ring is 1. The van der Waals surface area contributed by atoms with Crippen molar-refractivity contribution in [3.8, 4) is 0 Å². The number of hydrogen-bond acceptors (Lipinski definition) is 8. The molecule has 3 aliphatic rings. The van der Waals surface area contributed by atoms with Gasteiger partial charge >= 0.3 is 0 Å². The Morgan fingerprint density at radius 2 is 2.04 bits per heavy atom. The molecule has 10 heteroatoms. The van der Waals surface area contributed by atoms with Crippen molar-refractivity contribution < 1.29 is 19.0 Å². The molecular formula is C16H20N6O4. The van der Waals surface area contributed by atoms with Gasteiger partial charge in [0.2, 0.25) is 0 Å². The van der Waals surface area contributed by atoms with Crippen LogP contribution in [0.3, 0.4) is 0 Å². The Kier molecular flexibility index (Phi) is 3.27. The highest BCUT2D eigenvalue weighted by Crippen LogP contribution is 2.44. The zero-order valence-corrected chi connectivity index (χ0v) is 14.5. The third-order valence-electron chi connectivity index (χ3n) is 4.87. The molecule has 1 aliphatic carbocycles. The summed E-state index contributed by atoms with van der Waals surface area (Å²) in [7, 11) is 0. The van der Waals surface area contributed by atoms with Gasteiger partial charge in [-0.05, 0) is 26.7 Å². The van der Waals surface area contributed by atoms with Gasteiger partial charge in [0.1, 0.15) is 24.1 Å². The van der Waals surface area contributed by atoms with E-state index in [9.17, 15) is 4.79 Å². The van der Waals surface area contributed by atoms with Crippen molar-refractivity contribution in [3.05, 3.63) is 12.7 Å². The van der Waals surface area contributed by atoms with E-state index in [4.69, 9.17) is 19.9 Å². The van der Waals surface area contributed by atoms with E-state index >= 15 is 0 Å². The van der Waals surface area contributed by atoms with Crippen LogP contribution in [0.4, 0.5) is 5.82 Å². The SMILES string of the molecule is CC1(C)O[C@@H]2[C@H](O1)[C@@H](C(=O)NC1CC1)O[C@H]2n1cnc2c(N)ncnc21. The molecule has 3 fully saturated rings. The zero-order valence-electron chi connectivity index (χ0n) is 14.5. The molecule has 0 spiro atoms. The topological polar surface area (TPSA) is 126 Å². The molecule has 0 radical (unpaired) electrons. The highest BCUT2D eigenvalue weighted by Gasteiger charge is 2.58. The minimum absolute atomic E-state index is 0.176. The molecule has 4 heterocycles. The van der Waals surface area contributed by atoms with E-state index in [-0.39, 0.29) is 17.8 Å². The summed E-state index contributed by atoms with van der Waals surface area (Å²) in [5.74, 6) is -0.694. The molecule has 0 bridgehead atoms. The Hall–Kier alpha value is -2.30. The Labute approximate surface area is 149 Å². The van der Waals surface area contributed by atoms with E-state index < -0.39 is 30.3 Å². The van der Waals surface area contributed by atoms with Gasteiger partial charge in [-0.15, -0.1) is 0 Å². The third-order valence-corrected chi connectivity index (χ3v) is 4.87. The van der Waals surface area contributed by atoms with Gasteiger partial charge in [-0.3, -0.25) is 9.36 Å². The summed E-state index contributed by atoms with van der Waals surface area (Å²) in [5, 5.41) is 2.98. The predicted molar refractivity (Wildman–Crippen MR) is 88.6 cm³/mol. The van der Waals surface area contributed by atoms with Gasteiger partial charge in [0, 0.05) is 6.04 Å². The van der Waals surface area contributed by atoms with Gasteiger partial charge in [-0.25, -0.2) is 15.0 Å². The van der Waals surface area contributed by atoms with Crippen molar-refractivity contribution in [2.24, 2.45) is 0 Å². The number of anilines is 1.